The van der Waals surface area contributed by atoms with E-state index in [9.17, 15) is 22.8 Å². The first kappa shape index (κ1) is 20.2. The summed E-state index contributed by atoms with van der Waals surface area (Å²) in [6, 6.07) is 15.0. The van der Waals surface area contributed by atoms with Gasteiger partial charge in [0.15, 0.2) is 12.4 Å². The Bertz CT molecular complexity index is 1410. The number of aryl methyl sites for hydroxylation is 1. The second kappa shape index (κ2) is 7.45. The van der Waals surface area contributed by atoms with E-state index < -0.39 is 34.9 Å². The monoisotopic (exact) mass is 450 g/mol. The van der Waals surface area contributed by atoms with Gasteiger partial charge in [-0.3, -0.25) is 18.7 Å². The topological polar surface area (TPSA) is 110 Å². The zero-order chi connectivity index (χ0) is 22.5. The molecule has 0 saturated carbocycles. The fraction of sp³-hybridized carbons (Fsp3) is 0.174. The van der Waals surface area contributed by atoms with Gasteiger partial charge in [-0.2, -0.15) is 0 Å². The lowest BCUT2D eigenvalue weighted by Crippen LogP contribution is -2.34. The zero-order valence-electron chi connectivity index (χ0n) is 16.8. The number of fused-ring (bicyclic) bond motifs is 1. The lowest BCUT2D eigenvalue weighted by Gasteiger charge is -2.18. The minimum absolute atomic E-state index is 0.0692. The van der Waals surface area contributed by atoms with Crippen molar-refractivity contribution in [3.63, 3.8) is 0 Å². The van der Waals surface area contributed by atoms with Gasteiger partial charge in [0.05, 0.1) is 10.6 Å². The summed E-state index contributed by atoms with van der Waals surface area (Å²) in [4.78, 5) is 36.5. The molecule has 1 N–H and O–H groups in total. The van der Waals surface area contributed by atoms with Crippen molar-refractivity contribution in [2.75, 3.05) is 22.8 Å². The van der Waals surface area contributed by atoms with Gasteiger partial charge in [-0.25, -0.2) is 8.42 Å². The molecule has 162 valence electrons. The van der Waals surface area contributed by atoms with Crippen LogP contribution in [0.3, 0.4) is 0 Å². The fourth-order valence-corrected chi connectivity index (χ4v) is 5.73. The quantitative estimate of drug-likeness (QED) is 0.473. The molecule has 0 saturated heterocycles. The zero-order valence-corrected chi connectivity index (χ0v) is 17.6. The third-order valence-corrected chi connectivity index (χ3v) is 7.44. The van der Waals surface area contributed by atoms with Crippen LogP contribution in [0.25, 0.3) is 10.8 Å². The maximum atomic E-state index is 12.9. The molecule has 3 aromatic rings. The highest BCUT2D eigenvalue weighted by molar-refractivity contribution is 7.93. The second-order valence-electron chi connectivity index (χ2n) is 7.65. The molecule has 1 amide bonds. The van der Waals surface area contributed by atoms with Crippen LogP contribution in [0.1, 0.15) is 22.3 Å². The van der Waals surface area contributed by atoms with Crippen LogP contribution in [0.4, 0.5) is 11.4 Å². The van der Waals surface area contributed by atoms with Gasteiger partial charge in [0, 0.05) is 23.1 Å². The summed E-state index contributed by atoms with van der Waals surface area (Å²) in [6.45, 7) is -1.03. The van der Waals surface area contributed by atoms with E-state index in [0.29, 0.717) is 35.2 Å². The molecule has 0 spiro atoms. The van der Waals surface area contributed by atoms with E-state index >= 15 is 0 Å². The number of ketones is 1. The number of nitrogens with zero attached hydrogens (tertiary/aromatic N) is 1. The minimum atomic E-state index is -3.89. The average molecular weight is 450 g/mol. The van der Waals surface area contributed by atoms with Crippen molar-refractivity contribution in [2.24, 2.45) is 0 Å². The van der Waals surface area contributed by atoms with E-state index in [-0.39, 0.29) is 10.8 Å². The third kappa shape index (κ3) is 3.31. The predicted molar refractivity (Wildman–Crippen MR) is 117 cm³/mol. The molecule has 0 aliphatic carbocycles. The maximum absolute atomic E-state index is 12.9. The number of carbonyl (C=O) groups is 3. The Morgan fingerprint density at radius 2 is 1.81 bits per heavy atom. The Balaban J connectivity index is 1.28. The number of benzene rings is 3. The number of rotatable bonds is 5. The summed E-state index contributed by atoms with van der Waals surface area (Å²) in [5.41, 5.74) is 2.29. The highest BCUT2D eigenvalue weighted by atomic mass is 32.2. The number of Topliss-reactive ketones (excluding diaryl/α,β-unsaturated/α-hetero) is 1. The standard InChI is InChI=1S/C23H18N2O6S/c26-19(16-7-9-17-15(11-16)8-10-21(27)24-17)13-31-22(28)12-25-18-5-1-3-14-4-2-6-20(23(14)18)32(25,29)30/h1-7,9,11H,8,10,12-13H2,(H,24,27). The number of esters is 1. The minimum Gasteiger partial charge on any atom is -0.456 e. The van der Waals surface area contributed by atoms with Gasteiger partial charge in [0.25, 0.3) is 10.0 Å². The Morgan fingerprint density at radius 3 is 2.62 bits per heavy atom. The molecule has 0 atom stereocenters. The largest absolute Gasteiger partial charge is 0.456 e. The number of sulfonamides is 1. The summed E-state index contributed by atoms with van der Waals surface area (Å²) >= 11 is 0. The molecule has 5 rings (SSSR count). The summed E-state index contributed by atoms with van der Waals surface area (Å²) in [7, 11) is -3.89. The maximum Gasteiger partial charge on any atom is 0.327 e. The number of carbonyl (C=O) groups excluding carboxylic acids is 3. The van der Waals surface area contributed by atoms with E-state index in [4.69, 9.17) is 4.74 Å². The predicted octanol–water partition coefficient (Wildman–Crippen LogP) is 2.66. The van der Waals surface area contributed by atoms with Gasteiger partial charge < -0.3 is 10.1 Å². The van der Waals surface area contributed by atoms with E-state index in [0.717, 1.165) is 15.3 Å². The Hall–Kier alpha value is -3.72. The molecule has 32 heavy (non-hydrogen) atoms. The lowest BCUT2D eigenvalue weighted by atomic mass is 9.99. The first-order chi connectivity index (χ1) is 15.3. The summed E-state index contributed by atoms with van der Waals surface area (Å²) in [5.74, 6) is -1.30. The molecule has 0 fully saturated rings. The van der Waals surface area contributed by atoms with Gasteiger partial charge in [-0.05, 0) is 47.7 Å². The summed E-state index contributed by atoms with van der Waals surface area (Å²) in [5, 5.41) is 4.07. The molecule has 9 heteroatoms. The molecule has 8 nitrogen and oxygen atoms in total. The van der Waals surface area contributed by atoms with Crippen LogP contribution in [0, 0.1) is 0 Å². The highest BCUT2D eigenvalue weighted by Crippen LogP contribution is 2.41. The molecule has 3 aromatic carbocycles. The normalized spacial score (nSPS) is 15.9. The van der Waals surface area contributed by atoms with Gasteiger partial charge in [-0.15, -0.1) is 0 Å². The molecule has 2 aliphatic rings. The summed E-state index contributed by atoms with van der Waals surface area (Å²) in [6.07, 6.45) is 0.875. The molecular weight excluding hydrogens is 432 g/mol. The Kier molecular flexibility index (Phi) is 4.70. The first-order valence-electron chi connectivity index (χ1n) is 10.0. The van der Waals surface area contributed by atoms with Crippen LogP contribution in [0.15, 0.2) is 59.5 Å². The van der Waals surface area contributed by atoms with E-state index in [1.165, 1.54) is 6.07 Å². The third-order valence-electron chi connectivity index (χ3n) is 5.64. The molecule has 2 aliphatic heterocycles. The molecular formula is C23H18N2O6S. The molecule has 2 heterocycles. The average Bonchev–Trinajstić information content (AvgIpc) is 3.00. The SMILES string of the molecule is O=C1CCc2cc(C(=O)COC(=O)CN3c4cccc5cccc(c45)S3(=O)=O)ccc2N1. The van der Waals surface area contributed by atoms with Crippen molar-refractivity contribution in [3.8, 4) is 0 Å². The Labute approximate surface area is 183 Å². The van der Waals surface area contributed by atoms with Crippen LogP contribution in [0.5, 0.6) is 0 Å². The van der Waals surface area contributed by atoms with Crippen molar-refractivity contribution in [1.82, 2.24) is 0 Å². The number of hydrogen-bond acceptors (Lipinski definition) is 6. The van der Waals surface area contributed by atoms with E-state index in [2.05, 4.69) is 5.32 Å². The second-order valence-corrected chi connectivity index (χ2v) is 9.48. The van der Waals surface area contributed by atoms with E-state index in [1.807, 2.05) is 12.1 Å². The van der Waals surface area contributed by atoms with Crippen molar-refractivity contribution >= 4 is 49.8 Å². The van der Waals surface area contributed by atoms with Gasteiger partial charge in [0.1, 0.15) is 6.54 Å². The van der Waals surface area contributed by atoms with Crippen LogP contribution < -0.4 is 9.62 Å². The molecule has 0 unspecified atom stereocenters. The number of nitrogens with one attached hydrogen (secondary N) is 1. The van der Waals surface area contributed by atoms with Crippen molar-refractivity contribution < 1.29 is 27.5 Å². The van der Waals surface area contributed by atoms with Crippen molar-refractivity contribution in [2.45, 2.75) is 17.7 Å². The first-order valence-corrected chi connectivity index (χ1v) is 11.4. The van der Waals surface area contributed by atoms with Crippen molar-refractivity contribution in [3.05, 3.63) is 65.7 Å². The lowest BCUT2D eigenvalue weighted by molar-refractivity contribution is -0.140. The molecule has 0 aromatic heterocycles. The van der Waals surface area contributed by atoms with Crippen LogP contribution >= 0.6 is 0 Å². The van der Waals surface area contributed by atoms with Gasteiger partial charge >= 0.3 is 5.97 Å². The number of anilines is 2. The van der Waals surface area contributed by atoms with Crippen LogP contribution in [0.2, 0.25) is 0 Å². The molecule has 0 bridgehead atoms. The fourth-order valence-electron chi connectivity index (χ4n) is 4.08. The van der Waals surface area contributed by atoms with Crippen LogP contribution in [-0.4, -0.2) is 39.2 Å². The smallest absolute Gasteiger partial charge is 0.327 e. The summed E-state index contributed by atoms with van der Waals surface area (Å²) < 4.78 is 32.0. The highest BCUT2D eigenvalue weighted by Gasteiger charge is 2.37. The van der Waals surface area contributed by atoms with Crippen molar-refractivity contribution in [1.29, 1.82) is 0 Å². The van der Waals surface area contributed by atoms with Gasteiger partial charge in [0.2, 0.25) is 5.91 Å². The number of ether oxygens (including phenoxy) is 1. The van der Waals surface area contributed by atoms with E-state index in [1.54, 1.807) is 36.4 Å². The number of amides is 1. The Morgan fingerprint density at radius 1 is 1.03 bits per heavy atom. The van der Waals surface area contributed by atoms with Crippen LogP contribution in [-0.2, 0) is 30.8 Å². The number of hydrogen-bond donors (Lipinski definition) is 1. The molecule has 0 radical (unpaired) electrons. The van der Waals surface area contributed by atoms with Gasteiger partial charge in [-0.1, -0.05) is 24.3 Å².